The monoisotopic (exact) mass is 399 g/mol. The third kappa shape index (κ3) is 3.63. The van der Waals surface area contributed by atoms with Crippen molar-refractivity contribution in [2.75, 3.05) is 31.2 Å². The molecule has 7 nitrogen and oxygen atoms in total. The molecule has 1 aromatic carbocycles. The van der Waals surface area contributed by atoms with E-state index in [0.29, 0.717) is 37.6 Å². The molecule has 0 aliphatic carbocycles. The predicted molar refractivity (Wildman–Crippen MR) is 106 cm³/mol. The number of phenols is 1. The second-order valence-electron chi connectivity index (χ2n) is 6.37. The van der Waals surface area contributed by atoms with Crippen LogP contribution in [0.5, 0.6) is 5.75 Å². The smallest absolute Gasteiger partial charge is 0.183 e. The first kappa shape index (κ1) is 18.6. The number of ether oxygens (including phenoxy) is 1. The lowest BCUT2D eigenvalue weighted by Gasteiger charge is -2.28. The van der Waals surface area contributed by atoms with Crippen LogP contribution in [0.2, 0.25) is 5.02 Å². The van der Waals surface area contributed by atoms with E-state index in [2.05, 4.69) is 19.9 Å². The minimum absolute atomic E-state index is 0.0987. The van der Waals surface area contributed by atoms with Crippen molar-refractivity contribution < 1.29 is 14.2 Å². The van der Waals surface area contributed by atoms with Crippen LogP contribution in [0, 0.1) is 5.82 Å². The van der Waals surface area contributed by atoms with Gasteiger partial charge in [-0.25, -0.2) is 24.3 Å². The molecule has 3 heterocycles. The van der Waals surface area contributed by atoms with Crippen LogP contribution in [0.15, 0.2) is 30.6 Å². The fourth-order valence-electron chi connectivity index (χ4n) is 3.00. The average Bonchev–Trinajstić information content (AvgIpc) is 2.72. The molecule has 1 aliphatic rings. The predicted octanol–water partition coefficient (Wildman–Crippen LogP) is 1.19. The van der Waals surface area contributed by atoms with Gasteiger partial charge in [-0.1, -0.05) is 23.1 Å². The van der Waals surface area contributed by atoms with Crippen LogP contribution in [0.3, 0.4) is 0 Å². The Balaban J connectivity index is 1.74. The van der Waals surface area contributed by atoms with Crippen LogP contribution in [0.1, 0.15) is 0 Å². The fourth-order valence-corrected chi connectivity index (χ4v) is 3.27. The Hall–Kier alpha value is -2.78. The van der Waals surface area contributed by atoms with E-state index >= 15 is 0 Å². The van der Waals surface area contributed by atoms with Crippen LogP contribution >= 0.6 is 11.6 Å². The summed E-state index contributed by atoms with van der Waals surface area (Å²) in [7, 11) is 1.86. The van der Waals surface area contributed by atoms with Crippen LogP contribution < -0.4 is 10.4 Å². The van der Waals surface area contributed by atoms with Gasteiger partial charge in [0.25, 0.3) is 0 Å². The number of nitrogens with zero attached hydrogens (tertiary/aromatic N) is 5. The molecule has 4 rings (SSSR count). The summed E-state index contributed by atoms with van der Waals surface area (Å²) in [6.45, 7) is 2.14. The summed E-state index contributed by atoms with van der Waals surface area (Å²) in [5.41, 5.74) is 1.68. The van der Waals surface area contributed by atoms with E-state index in [1.165, 1.54) is 6.20 Å². The van der Waals surface area contributed by atoms with Gasteiger partial charge in [-0.15, -0.1) is 0 Å². The second-order valence-corrected chi connectivity index (χ2v) is 6.78. The number of hydrogen-bond acceptors (Lipinski definition) is 7. The molecule has 1 N–H and O–H groups in total. The summed E-state index contributed by atoms with van der Waals surface area (Å²) in [5, 5.41) is 10.5. The lowest BCUT2D eigenvalue weighted by atomic mass is 9.93. The molecule has 0 atom stereocenters. The zero-order valence-corrected chi connectivity index (χ0v) is 15.8. The third-order valence-electron chi connectivity index (χ3n) is 4.37. The lowest BCUT2D eigenvalue weighted by molar-refractivity contribution is 0.122. The van der Waals surface area contributed by atoms with E-state index < -0.39 is 5.82 Å². The van der Waals surface area contributed by atoms with Crippen molar-refractivity contribution in [3.63, 3.8) is 0 Å². The summed E-state index contributed by atoms with van der Waals surface area (Å²) in [4.78, 5) is 18.9. The van der Waals surface area contributed by atoms with E-state index in [1.807, 2.05) is 12.7 Å². The third-order valence-corrected chi connectivity index (χ3v) is 4.66. The quantitative estimate of drug-likeness (QED) is 0.662. The molecule has 28 heavy (non-hydrogen) atoms. The van der Waals surface area contributed by atoms with E-state index in [1.54, 1.807) is 18.2 Å². The van der Waals surface area contributed by atoms with Gasteiger partial charge in [0.1, 0.15) is 19.3 Å². The van der Waals surface area contributed by atoms with Crippen molar-refractivity contribution in [3.05, 3.63) is 41.4 Å². The van der Waals surface area contributed by atoms with Gasteiger partial charge in [0.2, 0.25) is 0 Å². The average molecular weight is 400 g/mol. The van der Waals surface area contributed by atoms with Gasteiger partial charge in [0.05, 0.1) is 30.0 Å². The maximum absolute atomic E-state index is 14.3. The van der Waals surface area contributed by atoms with E-state index in [9.17, 15) is 9.50 Å². The SMILES string of the molecule is Bc1cc(Cl)c(O)c(-c2nccc(-c3ncc(F)c(N4CCOCC4)n3)n2)c1. The summed E-state index contributed by atoms with van der Waals surface area (Å²) < 4.78 is 19.6. The lowest BCUT2D eigenvalue weighted by Crippen LogP contribution is -2.37. The molecule has 0 spiro atoms. The maximum atomic E-state index is 14.3. The molecule has 0 amide bonds. The first-order valence-electron chi connectivity index (χ1n) is 8.71. The number of phenolic OH excluding ortho intramolecular Hbond substituents is 1. The number of hydrogen-bond donors (Lipinski definition) is 1. The molecule has 0 saturated carbocycles. The van der Waals surface area contributed by atoms with Gasteiger partial charge in [-0.05, 0) is 12.1 Å². The highest BCUT2D eigenvalue weighted by atomic mass is 35.5. The molecular weight excluding hydrogens is 383 g/mol. The largest absolute Gasteiger partial charge is 0.506 e. The molecule has 1 saturated heterocycles. The van der Waals surface area contributed by atoms with Crippen LogP contribution in [-0.2, 0) is 4.74 Å². The molecule has 10 heteroatoms. The molecule has 3 aromatic rings. The molecule has 0 bridgehead atoms. The van der Waals surface area contributed by atoms with Gasteiger partial charge in [-0.3, -0.25) is 0 Å². The summed E-state index contributed by atoms with van der Waals surface area (Å²) in [6.07, 6.45) is 2.67. The highest BCUT2D eigenvalue weighted by Gasteiger charge is 2.19. The summed E-state index contributed by atoms with van der Waals surface area (Å²) >= 11 is 6.06. The normalized spacial score (nSPS) is 14.3. The number of aromatic hydroxyl groups is 1. The Morgan fingerprint density at radius 3 is 2.71 bits per heavy atom. The van der Waals surface area contributed by atoms with Crippen molar-refractivity contribution in [3.8, 4) is 28.7 Å². The Morgan fingerprint density at radius 1 is 1.14 bits per heavy atom. The topological polar surface area (TPSA) is 84.3 Å². The highest BCUT2D eigenvalue weighted by molar-refractivity contribution is 6.37. The van der Waals surface area contributed by atoms with Crippen molar-refractivity contribution in [2.45, 2.75) is 0 Å². The molecule has 1 fully saturated rings. The van der Waals surface area contributed by atoms with E-state index in [4.69, 9.17) is 16.3 Å². The fraction of sp³-hybridized carbons (Fsp3) is 0.222. The first-order chi connectivity index (χ1) is 13.5. The van der Waals surface area contributed by atoms with Crippen molar-refractivity contribution in [1.82, 2.24) is 19.9 Å². The Morgan fingerprint density at radius 2 is 1.93 bits per heavy atom. The van der Waals surface area contributed by atoms with Crippen molar-refractivity contribution in [1.29, 1.82) is 0 Å². The maximum Gasteiger partial charge on any atom is 0.183 e. The molecule has 1 aliphatic heterocycles. The molecular formula is C18H16BClFN5O2. The number of aromatic nitrogens is 4. The summed E-state index contributed by atoms with van der Waals surface area (Å²) in [5.74, 6) is 0.169. The highest BCUT2D eigenvalue weighted by Crippen LogP contribution is 2.33. The number of rotatable bonds is 3. The Kier molecular flexibility index (Phi) is 5.10. The van der Waals surface area contributed by atoms with Gasteiger partial charge < -0.3 is 14.7 Å². The number of benzene rings is 1. The number of halogens is 2. The summed E-state index contributed by atoms with van der Waals surface area (Å²) in [6, 6.07) is 5.03. The Labute approximate surface area is 166 Å². The Bertz CT molecular complexity index is 1030. The van der Waals surface area contributed by atoms with Crippen molar-refractivity contribution >= 4 is 30.7 Å². The zero-order valence-electron chi connectivity index (χ0n) is 15.1. The molecule has 142 valence electrons. The van der Waals surface area contributed by atoms with Gasteiger partial charge >= 0.3 is 0 Å². The van der Waals surface area contributed by atoms with E-state index in [0.717, 1.165) is 11.7 Å². The van der Waals surface area contributed by atoms with Crippen LogP contribution in [0.25, 0.3) is 22.9 Å². The molecule has 2 aromatic heterocycles. The number of anilines is 1. The molecule has 0 radical (unpaired) electrons. The van der Waals surface area contributed by atoms with E-state index in [-0.39, 0.29) is 28.2 Å². The number of morpholine rings is 1. The van der Waals surface area contributed by atoms with Crippen LogP contribution in [0.4, 0.5) is 10.2 Å². The van der Waals surface area contributed by atoms with Gasteiger partial charge in [-0.2, -0.15) is 0 Å². The minimum Gasteiger partial charge on any atom is -0.506 e. The standard InChI is InChI=1S/C18H16BClFN5O2/c19-10-7-11(15(27)12(20)8-10)16-22-2-1-14(24-16)17-23-9-13(21)18(25-17)26-3-5-28-6-4-26/h1-2,7-9,27H,3-6,19H2. The van der Waals surface area contributed by atoms with Gasteiger partial charge in [0.15, 0.2) is 23.3 Å². The second kappa shape index (κ2) is 7.69. The van der Waals surface area contributed by atoms with Crippen LogP contribution in [-0.4, -0.2) is 59.2 Å². The first-order valence-corrected chi connectivity index (χ1v) is 9.09. The minimum atomic E-state index is -0.497. The van der Waals surface area contributed by atoms with Gasteiger partial charge in [0, 0.05) is 19.3 Å². The zero-order chi connectivity index (χ0) is 19.7. The molecule has 0 unspecified atom stereocenters. The van der Waals surface area contributed by atoms with Crippen molar-refractivity contribution in [2.24, 2.45) is 0 Å².